The number of carbonyl (C=O) groups is 2. The van der Waals surface area contributed by atoms with E-state index in [1.807, 2.05) is 23.1 Å². The summed E-state index contributed by atoms with van der Waals surface area (Å²) in [4.78, 5) is 26.3. The molecule has 29 heavy (non-hydrogen) atoms. The van der Waals surface area contributed by atoms with E-state index in [1.165, 1.54) is 6.08 Å². The molecule has 0 aromatic heterocycles. The number of ketones is 1. The average molecular weight is 393 g/mol. The van der Waals surface area contributed by atoms with Crippen molar-refractivity contribution in [1.82, 2.24) is 4.90 Å². The molecule has 6 heteroatoms. The highest BCUT2D eigenvalue weighted by Gasteiger charge is 2.18. The number of likely N-dealkylation sites (tertiary alicyclic amines) is 1. The molecule has 0 atom stereocenters. The van der Waals surface area contributed by atoms with Crippen LogP contribution in [0.15, 0.2) is 48.5 Å². The first-order valence-corrected chi connectivity index (χ1v) is 9.82. The SMILES string of the molecule is O=C(/C=C/c1ccc2c(c1)OCCO2)c1ccc(OCC(=O)N2CCCC2)cc1. The summed E-state index contributed by atoms with van der Waals surface area (Å²) in [5.74, 6) is 1.88. The molecule has 0 aliphatic carbocycles. The number of ether oxygens (including phenoxy) is 3. The first kappa shape index (κ1) is 19.1. The fraction of sp³-hybridized carbons (Fsp3) is 0.304. The lowest BCUT2D eigenvalue weighted by molar-refractivity contribution is -0.132. The quantitative estimate of drug-likeness (QED) is 0.556. The third kappa shape index (κ3) is 4.77. The summed E-state index contributed by atoms with van der Waals surface area (Å²) >= 11 is 0. The highest BCUT2D eigenvalue weighted by atomic mass is 16.6. The number of benzene rings is 2. The number of carbonyl (C=O) groups excluding carboxylic acids is 2. The van der Waals surface area contributed by atoms with Crippen molar-refractivity contribution in [3.8, 4) is 17.2 Å². The van der Waals surface area contributed by atoms with Crippen LogP contribution in [0, 0.1) is 0 Å². The second kappa shape index (κ2) is 8.82. The second-order valence-corrected chi connectivity index (χ2v) is 7.00. The molecule has 1 fully saturated rings. The molecule has 2 aliphatic heterocycles. The highest BCUT2D eigenvalue weighted by molar-refractivity contribution is 6.06. The summed E-state index contributed by atoms with van der Waals surface area (Å²) in [5.41, 5.74) is 1.42. The van der Waals surface area contributed by atoms with Gasteiger partial charge in [0.15, 0.2) is 23.9 Å². The molecule has 2 heterocycles. The molecule has 0 bridgehead atoms. The molecular formula is C23H23NO5. The first-order chi connectivity index (χ1) is 14.2. The Hall–Kier alpha value is -3.28. The van der Waals surface area contributed by atoms with Crippen LogP contribution in [0.2, 0.25) is 0 Å². The second-order valence-electron chi connectivity index (χ2n) is 7.00. The van der Waals surface area contributed by atoms with Crippen molar-refractivity contribution < 1.29 is 23.8 Å². The van der Waals surface area contributed by atoms with Crippen molar-refractivity contribution in [3.05, 3.63) is 59.7 Å². The molecule has 2 aliphatic rings. The lowest BCUT2D eigenvalue weighted by Gasteiger charge is -2.18. The predicted molar refractivity (Wildman–Crippen MR) is 109 cm³/mol. The Morgan fingerprint density at radius 1 is 0.966 bits per heavy atom. The summed E-state index contributed by atoms with van der Waals surface area (Å²) in [6.45, 7) is 2.72. The van der Waals surface area contributed by atoms with Crippen molar-refractivity contribution in [2.24, 2.45) is 0 Å². The van der Waals surface area contributed by atoms with Crippen molar-refractivity contribution in [2.45, 2.75) is 12.8 Å². The molecule has 0 saturated carbocycles. The van der Waals surface area contributed by atoms with Crippen molar-refractivity contribution in [1.29, 1.82) is 0 Å². The van der Waals surface area contributed by atoms with E-state index in [0.29, 0.717) is 30.3 Å². The van der Waals surface area contributed by atoms with Gasteiger partial charge in [-0.2, -0.15) is 0 Å². The normalized spacial score (nSPS) is 15.5. The fourth-order valence-electron chi connectivity index (χ4n) is 3.35. The summed E-state index contributed by atoms with van der Waals surface area (Å²) in [5, 5.41) is 0. The van der Waals surface area contributed by atoms with Gasteiger partial charge in [-0.1, -0.05) is 12.1 Å². The molecule has 0 spiro atoms. The minimum atomic E-state index is -0.111. The Bertz CT molecular complexity index is 913. The number of nitrogens with zero attached hydrogens (tertiary/aromatic N) is 1. The Morgan fingerprint density at radius 3 is 2.45 bits per heavy atom. The molecule has 2 aromatic carbocycles. The maximum absolute atomic E-state index is 12.4. The zero-order valence-corrected chi connectivity index (χ0v) is 16.1. The van der Waals surface area contributed by atoms with E-state index < -0.39 is 0 Å². The molecule has 1 saturated heterocycles. The maximum Gasteiger partial charge on any atom is 0.260 e. The van der Waals surface area contributed by atoms with Gasteiger partial charge in [0, 0.05) is 18.7 Å². The highest BCUT2D eigenvalue weighted by Crippen LogP contribution is 2.31. The zero-order chi connectivity index (χ0) is 20.1. The van der Waals surface area contributed by atoms with Crippen LogP contribution in [0.5, 0.6) is 17.2 Å². The van der Waals surface area contributed by atoms with Gasteiger partial charge < -0.3 is 19.1 Å². The van der Waals surface area contributed by atoms with E-state index in [2.05, 4.69) is 0 Å². The van der Waals surface area contributed by atoms with Gasteiger partial charge in [0.1, 0.15) is 19.0 Å². The van der Waals surface area contributed by atoms with E-state index in [4.69, 9.17) is 14.2 Å². The van der Waals surface area contributed by atoms with E-state index >= 15 is 0 Å². The first-order valence-electron chi connectivity index (χ1n) is 9.82. The van der Waals surface area contributed by atoms with E-state index in [9.17, 15) is 9.59 Å². The molecule has 150 valence electrons. The predicted octanol–water partition coefficient (Wildman–Crippen LogP) is 3.36. The van der Waals surface area contributed by atoms with Gasteiger partial charge in [0.2, 0.25) is 0 Å². The Balaban J connectivity index is 1.33. The monoisotopic (exact) mass is 393 g/mol. The van der Waals surface area contributed by atoms with Crippen LogP contribution in [0.3, 0.4) is 0 Å². The minimum Gasteiger partial charge on any atom is -0.486 e. The largest absolute Gasteiger partial charge is 0.486 e. The van der Waals surface area contributed by atoms with Crippen LogP contribution >= 0.6 is 0 Å². The third-order valence-electron chi connectivity index (χ3n) is 4.95. The van der Waals surface area contributed by atoms with E-state index in [0.717, 1.165) is 37.2 Å². The topological polar surface area (TPSA) is 65.1 Å². The van der Waals surface area contributed by atoms with Gasteiger partial charge in [-0.15, -0.1) is 0 Å². The molecule has 0 N–H and O–H groups in total. The molecule has 0 unspecified atom stereocenters. The lowest BCUT2D eigenvalue weighted by atomic mass is 10.1. The van der Waals surface area contributed by atoms with Gasteiger partial charge >= 0.3 is 0 Å². The molecule has 4 rings (SSSR count). The summed E-state index contributed by atoms with van der Waals surface area (Å²) in [7, 11) is 0. The van der Waals surface area contributed by atoms with Crippen LogP contribution in [-0.2, 0) is 4.79 Å². The Labute approximate surface area is 169 Å². The van der Waals surface area contributed by atoms with E-state index in [-0.39, 0.29) is 18.3 Å². The number of rotatable bonds is 6. The van der Waals surface area contributed by atoms with Gasteiger partial charge in [-0.25, -0.2) is 0 Å². The van der Waals surface area contributed by atoms with Gasteiger partial charge in [-0.3, -0.25) is 9.59 Å². The smallest absolute Gasteiger partial charge is 0.260 e. The number of amides is 1. The van der Waals surface area contributed by atoms with Crippen molar-refractivity contribution in [2.75, 3.05) is 32.9 Å². The van der Waals surface area contributed by atoms with Gasteiger partial charge in [0.25, 0.3) is 5.91 Å². The van der Waals surface area contributed by atoms with Crippen LogP contribution < -0.4 is 14.2 Å². The molecule has 2 aromatic rings. The van der Waals surface area contributed by atoms with Gasteiger partial charge in [0.05, 0.1) is 0 Å². The van der Waals surface area contributed by atoms with Crippen LogP contribution in [0.25, 0.3) is 6.08 Å². The summed E-state index contributed by atoms with van der Waals surface area (Å²) in [6, 6.07) is 12.4. The van der Waals surface area contributed by atoms with Crippen molar-refractivity contribution >= 4 is 17.8 Å². The fourth-order valence-corrected chi connectivity index (χ4v) is 3.35. The maximum atomic E-state index is 12.4. The average Bonchev–Trinajstić information content (AvgIpc) is 3.31. The summed E-state index contributed by atoms with van der Waals surface area (Å²) in [6.07, 6.45) is 5.39. The third-order valence-corrected chi connectivity index (χ3v) is 4.95. The Kier molecular flexibility index (Phi) is 5.79. The number of allylic oxidation sites excluding steroid dienone is 1. The molecule has 0 radical (unpaired) electrons. The number of hydrogen-bond acceptors (Lipinski definition) is 5. The van der Waals surface area contributed by atoms with Gasteiger partial charge in [-0.05, 0) is 60.9 Å². The zero-order valence-electron chi connectivity index (χ0n) is 16.1. The van der Waals surface area contributed by atoms with E-state index in [1.54, 1.807) is 30.3 Å². The Morgan fingerprint density at radius 2 is 1.69 bits per heavy atom. The van der Waals surface area contributed by atoms with Crippen molar-refractivity contribution in [3.63, 3.8) is 0 Å². The van der Waals surface area contributed by atoms with Crippen LogP contribution in [-0.4, -0.2) is 49.5 Å². The molecule has 1 amide bonds. The molecular weight excluding hydrogens is 370 g/mol. The van der Waals surface area contributed by atoms with Crippen LogP contribution in [0.1, 0.15) is 28.8 Å². The van der Waals surface area contributed by atoms with Crippen LogP contribution in [0.4, 0.5) is 0 Å². The number of fused-ring (bicyclic) bond motifs is 1. The standard InChI is InChI=1S/C23H23NO5/c25-20(9-3-17-4-10-21-22(15-17)28-14-13-27-21)18-5-7-19(8-6-18)29-16-23(26)24-11-1-2-12-24/h3-10,15H,1-2,11-14,16H2/b9-3+. The lowest BCUT2D eigenvalue weighted by Crippen LogP contribution is -2.32. The summed E-state index contributed by atoms with van der Waals surface area (Å²) < 4.78 is 16.6. The number of hydrogen-bond donors (Lipinski definition) is 0. The minimum absolute atomic E-state index is 0.00464. The molecule has 6 nitrogen and oxygen atoms in total.